The molecule has 0 radical (unpaired) electrons. The molecule has 1 aromatic carbocycles. The van der Waals surface area contributed by atoms with Crippen molar-refractivity contribution in [3.63, 3.8) is 0 Å². The molecule has 18 heavy (non-hydrogen) atoms. The number of nitrogens with one attached hydrogen (secondary N) is 1. The van der Waals surface area contributed by atoms with Crippen molar-refractivity contribution in [2.45, 2.75) is 13.0 Å². The van der Waals surface area contributed by atoms with E-state index in [0.29, 0.717) is 6.54 Å². The average molecular weight is 253 g/mol. The summed E-state index contributed by atoms with van der Waals surface area (Å²) < 4.78 is 13.0. The van der Waals surface area contributed by atoms with Gasteiger partial charge >= 0.3 is 0 Å². The molecule has 1 rings (SSSR count). The van der Waals surface area contributed by atoms with Crippen molar-refractivity contribution in [3.8, 4) is 0 Å². The molecule has 1 aromatic rings. The summed E-state index contributed by atoms with van der Waals surface area (Å²) in [5.41, 5.74) is 6.83. The van der Waals surface area contributed by atoms with Crippen LogP contribution in [0.3, 0.4) is 0 Å². The SMILES string of the molecule is Cc1cc(F)ccc1C(NCCN(C)C)C(N)=O. The number of hydrogen-bond acceptors (Lipinski definition) is 3. The second-order valence-electron chi connectivity index (χ2n) is 4.59. The number of nitrogens with two attached hydrogens (primary N) is 1. The van der Waals surface area contributed by atoms with Gasteiger partial charge in [0.25, 0.3) is 0 Å². The zero-order valence-electron chi connectivity index (χ0n) is 11.0. The Labute approximate surface area is 107 Å². The van der Waals surface area contributed by atoms with Crippen molar-refractivity contribution in [2.24, 2.45) is 5.73 Å². The lowest BCUT2D eigenvalue weighted by Crippen LogP contribution is -2.37. The first-order valence-electron chi connectivity index (χ1n) is 5.85. The number of aryl methyl sites for hydroxylation is 1. The van der Waals surface area contributed by atoms with Gasteiger partial charge in [0.05, 0.1) is 0 Å². The molecule has 1 amide bonds. The van der Waals surface area contributed by atoms with Crippen LogP contribution in [-0.4, -0.2) is 38.0 Å². The predicted octanol–water partition coefficient (Wildman–Crippen LogP) is 0.812. The van der Waals surface area contributed by atoms with Gasteiger partial charge in [0.1, 0.15) is 11.9 Å². The molecule has 0 aromatic heterocycles. The van der Waals surface area contributed by atoms with Gasteiger partial charge < -0.3 is 16.0 Å². The van der Waals surface area contributed by atoms with Crippen LogP contribution in [0, 0.1) is 12.7 Å². The zero-order valence-corrected chi connectivity index (χ0v) is 11.0. The fourth-order valence-electron chi connectivity index (χ4n) is 1.76. The van der Waals surface area contributed by atoms with Crippen molar-refractivity contribution >= 4 is 5.91 Å². The summed E-state index contributed by atoms with van der Waals surface area (Å²) >= 11 is 0. The number of primary amides is 1. The van der Waals surface area contributed by atoms with Crippen molar-refractivity contribution in [1.29, 1.82) is 0 Å². The van der Waals surface area contributed by atoms with Gasteiger partial charge in [-0.15, -0.1) is 0 Å². The van der Waals surface area contributed by atoms with Gasteiger partial charge in [-0.2, -0.15) is 0 Å². The molecule has 1 atom stereocenters. The number of likely N-dealkylation sites (N-methyl/N-ethyl adjacent to an activating group) is 1. The van der Waals surface area contributed by atoms with Gasteiger partial charge in [0.15, 0.2) is 0 Å². The average Bonchev–Trinajstić information content (AvgIpc) is 2.25. The maximum Gasteiger partial charge on any atom is 0.239 e. The number of benzene rings is 1. The van der Waals surface area contributed by atoms with Crippen molar-refractivity contribution in [2.75, 3.05) is 27.2 Å². The van der Waals surface area contributed by atoms with Gasteiger partial charge in [-0.3, -0.25) is 4.79 Å². The van der Waals surface area contributed by atoms with Crippen molar-refractivity contribution in [3.05, 3.63) is 35.1 Å². The Balaban J connectivity index is 2.81. The number of carbonyl (C=O) groups excluding carboxylic acids is 1. The van der Waals surface area contributed by atoms with Crippen LogP contribution in [0.25, 0.3) is 0 Å². The highest BCUT2D eigenvalue weighted by Gasteiger charge is 2.19. The van der Waals surface area contributed by atoms with Crippen LogP contribution >= 0.6 is 0 Å². The molecule has 0 saturated carbocycles. The van der Waals surface area contributed by atoms with Gasteiger partial charge in [0, 0.05) is 13.1 Å². The number of amides is 1. The molecular weight excluding hydrogens is 233 g/mol. The highest BCUT2D eigenvalue weighted by atomic mass is 19.1. The van der Waals surface area contributed by atoms with E-state index in [4.69, 9.17) is 5.73 Å². The third-order valence-corrected chi connectivity index (χ3v) is 2.73. The van der Waals surface area contributed by atoms with Gasteiger partial charge in [-0.25, -0.2) is 4.39 Å². The Morgan fingerprint density at radius 1 is 1.50 bits per heavy atom. The van der Waals surface area contributed by atoms with E-state index in [0.717, 1.165) is 17.7 Å². The van der Waals surface area contributed by atoms with Crippen molar-refractivity contribution < 1.29 is 9.18 Å². The third kappa shape index (κ3) is 4.09. The smallest absolute Gasteiger partial charge is 0.239 e. The highest BCUT2D eigenvalue weighted by molar-refractivity contribution is 5.81. The second kappa shape index (κ2) is 6.47. The Morgan fingerprint density at radius 2 is 2.17 bits per heavy atom. The fraction of sp³-hybridized carbons (Fsp3) is 0.462. The third-order valence-electron chi connectivity index (χ3n) is 2.73. The van der Waals surface area contributed by atoms with Crippen LogP contribution < -0.4 is 11.1 Å². The summed E-state index contributed by atoms with van der Waals surface area (Å²) in [5.74, 6) is -0.767. The lowest BCUT2D eigenvalue weighted by Gasteiger charge is -2.19. The summed E-state index contributed by atoms with van der Waals surface area (Å²) in [6, 6.07) is 3.76. The van der Waals surface area contributed by atoms with Crippen LogP contribution in [0.1, 0.15) is 17.2 Å². The summed E-state index contributed by atoms with van der Waals surface area (Å²) in [4.78, 5) is 13.5. The fourth-order valence-corrected chi connectivity index (χ4v) is 1.76. The first-order valence-corrected chi connectivity index (χ1v) is 5.85. The van der Waals surface area contributed by atoms with Crippen LogP contribution in [0.5, 0.6) is 0 Å². The van der Waals surface area contributed by atoms with E-state index in [1.807, 2.05) is 19.0 Å². The first-order chi connectivity index (χ1) is 8.41. The normalized spacial score (nSPS) is 12.7. The number of hydrogen-bond donors (Lipinski definition) is 2. The number of nitrogens with zero attached hydrogens (tertiary/aromatic N) is 1. The van der Waals surface area contributed by atoms with E-state index in [2.05, 4.69) is 5.32 Å². The number of carbonyl (C=O) groups is 1. The molecule has 0 aliphatic carbocycles. The van der Waals surface area contributed by atoms with Gasteiger partial charge in [0.2, 0.25) is 5.91 Å². The molecule has 0 aliphatic heterocycles. The Kier molecular flexibility index (Phi) is 5.25. The minimum Gasteiger partial charge on any atom is -0.368 e. The molecule has 0 aliphatic rings. The molecule has 0 fully saturated rings. The molecule has 3 N–H and O–H groups in total. The molecule has 5 heteroatoms. The number of halogens is 1. The van der Waals surface area contributed by atoms with E-state index in [-0.39, 0.29) is 5.82 Å². The maximum absolute atomic E-state index is 13.0. The summed E-state index contributed by atoms with van der Waals surface area (Å²) in [7, 11) is 3.90. The second-order valence-corrected chi connectivity index (χ2v) is 4.59. The van der Waals surface area contributed by atoms with Crippen LogP contribution in [0.4, 0.5) is 4.39 Å². The quantitative estimate of drug-likeness (QED) is 0.789. The summed E-state index contributed by atoms with van der Waals surface area (Å²) in [6.07, 6.45) is 0. The lowest BCUT2D eigenvalue weighted by molar-refractivity contribution is -0.120. The first kappa shape index (κ1) is 14.6. The van der Waals surface area contributed by atoms with Crippen LogP contribution in [0.2, 0.25) is 0 Å². The minimum atomic E-state index is -0.578. The minimum absolute atomic E-state index is 0.312. The van der Waals surface area contributed by atoms with E-state index in [1.165, 1.54) is 12.1 Å². The molecule has 0 saturated heterocycles. The molecular formula is C13H20FN3O. The summed E-state index contributed by atoms with van der Waals surface area (Å²) in [5, 5.41) is 3.09. The maximum atomic E-state index is 13.0. The number of rotatable bonds is 6. The highest BCUT2D eigenvalue weighted by Crippen LogP contribution is 2.18. The Morgan fingerprint density at radius 3 is 2.67 bits per heavy atom. The van der Waals surface area contributed by atoms with Crippen LogP contribution in [0.15, 0.2) is 18.2 Å². The molecule has 0 bridgehead atoms. The van der Waals surface area contributed by atoms with Crippen molar-refractivity contribution in [1.82, 2.24) is 10.2 Å². The largest absolute Gasteiger partial charge is 0.368 e. The predicted molar refractivity (Wildman–Crippen MR) is 69.6 cm³/mol. The zero-order chi connectivity index (χ0) is 13.7. The molecule has 100 valence electrons. The Hall–Kier alpha value is -1.46. The van der Waals surface area contributed by atoms with Gasteiger partial charge in [-0.05, 0) is 44.3 Å². The molecule has 0 spiro atoms. The Bertz CT molecular complexity index is 421. The molecule has 4 nitrogen and oxygen atoms in total. The monoisotopic (exact) mass is 253 g/mol. The van der Waals surface area contributed by atoms with E-state index >= 15 is 0 Å². The van der Waals surface area contributed by atoms with E-state index in [9.17, 15) is 9.18 Å². The lowest BCUT2D eigenvalue weighted by atomic mass is 10.0. The van der Waals surface area contributed by atoms with Gasteiger partial charge in [-0.1, -0.05) is 6.07 Å². The molecule has 0 heterocycles. The van der Waals surface area contributed by atoms with Crippen LogP contribution in [-0.2, 0) is 4.79 Å². The standard InChI is InChI=1S/C13H20FN3O/c1-9-8-10(14)4-5-11(9)12(13(15)18)16-6-7-17(2)3/h4-5,8,12,16H,6-7H2,1-3H3,(H2,15,18). The van der Waals surface area contributed by atoms with E-state index < -0.39 is 11.9 Å². The topological polar surface area (TPSA) is 58.4 Å². The molecule has 1 unspecified atom stereocenters. The van der Waals surface area contributed by atoms with E-state index in [1.54, 1.807) is 13.0 Å². The summed E-state index contributed by atoms with van der Waals surface area (Å²) in [6.45, 7) is 3.20.